The van der Waals surface area contributed by atoms with Crippen LogP contribution in [-0.2, 0) is 4.74 Å². The lowest BCUT2D eigenvalue weighted by Crippen LogP contribution is -2.36. The van der Waals surface area contributed by atoms with Gasteiger partial charge in [-0.2, -0.15) is 15.0 Å². The normalized spacial score (nSPS) is 13.8. The van der Waals surface area contributed by atoms with Gasteiger partial charge in [-0.05, 0) is 35.9 Å². The molecule has 1 fully saturated rings. The molecule has 2 heterocycles. The van der Waals surface area contributed by atoms with Crippen LogP contribution in [0.5, 0.6) is 5.75 Å². The second kappa shape index (κ2) is 9.10. The summed E-state index contributed by atoms with van der Waals surface area (Å²) >= 11 is 6.04. The first kappa shape index (κ1) is 20.1. The summed E-state index contributed by atoms with van der Waals surface area (Å²) in [7, 11) is 1.59. The molecule has 10 heteroatoms. The van der Waals surface area contributed by atoms with Crippen LogP contribution in [0.25, 0.3) is 0 Å². The number of para-hydroxylation sites is 1. The van der Waals surface area contributed by atoms with Crippen molar-refractivity contribution in [3.8, 4) is 5.75 Å². The van der Waals surface area contributed by atoms with Gasteiger partial charge in [0.05, 0.1) is 31.7 Å². The molecule has 0 amide bonds. The van der Waals surface area contributed by atoms with Crippen molar-refractivity contribution in [1.29, 1.82) is 0 Å². The number of nitrogens with one attached hydrogen (secondary N) is 2. The number of morpholine rings is 1. The van der Waals surface area contributed by atoms with Crippen LogP contribution >= 0.6 is 11.6 Å². The van der Waals surface area contributed by atoms with Gasteiger partial charge in [0.1, 0.15) is 11.6 Å². The molecule has 0 unspecified atom stereocenters. The number of ether oxygens (including phenoxy) is 2. The van der Waals surface area contributed by atoms with Gasteiger partial charge >= 0.3 is 0 Å². The lowest BCUT2D eigenvalue weighted by molar-refractivity contribution is 0.122. The van der Waals surface area contributed by atoms with E-state index in [-0.39, 0.29) is 22.9 Å². The molecular formula is C20H20ClFN6O2. The van der Waals surface area contributed by atoms with Gasteiger partial charge < -0.3 is 25.0 Å². The molecule has 2 aromatic carbocycles. The van der Waals surface area contributed by atoms with Crippen LogP contribution < -0.4 is 20.3 Å². The van der Waals surface area contributed by atoms with E-state index in [4.69, 9.17) is 21.1 Å². The largest absolute Gasteiger partial charge is 0.494 e. The van der Waals surface area contributed by atoms with Crippen molar-refractivity contribution >= 4 is 40.6 Å². The van der Waals surface area contributed by atoms with Crippen molar-refractivity contribution in [1.82, 2.24) is 15.0 Å². The molecule has 3 aromatic rings. The van der Waals surface area contributed by atoms with Crippen LogP contribution in [0.15, 0.2) is 42.5 Å². The minimum absolute atomic E-state index is 0.0322. The van der Waals surface area contributed by atoms with Crippen molar-refractivity contribution in [3.05, 3.63) is 53.6 Å². The molecule has 0 bridgehead atoms. The van der Waals surface area contributed by atoms with E-state index in [0.29, 0.717) is 24.7 Å². The molecule has 0 radical (unpaired) electrons. The van der Waals surface area contributed by atoms with Gasteiger partial charge in [0.2, 0.25) is 17.2 Å². The fourth-order valence-electron chi connectivity index (χ4n) is 3.07. The van der Waals surface area contributed by atoms with Crippen LogP contribution in [0.1, 0.15) is 0 Å². The Balaban J connectivity index is 1.56. The van der Waals surface area contributed by atoms with Crippen molar-refractivity contribution in [2.45, 2.75) is 0 Å². The maximum Gasteiger partial charge on any atom is 0.233 e. The first-order valence-electron chi connectivity index (χ1n) is 9.33. The highest BCUT2D eigenvalue weighted by Gasteiger charge is 2.15. The van der Waals surface area contributed by atoms with Crippen LogP contribution in [0.2, 0.25) is 5.28 Å². The number of nitrogens with zero attached hydrogens (tertiary/aromatic N) is 4. The summed E-state index contributed by atoms with van der Waals surface area (Å²) in [5.74, 6) is 0.515. The van der Waals surface area contributed by atoms with Gasteiger partial charge in [-0.3, -0.25) is 0 Å². The molecule has 4 rings (SSSR count). The van der Waals surface area contributed by atoms with Gasteiger partial charge in [0.15, 0.2) is 0 Å². The third kappa shape index (κ3) is 4.69. The molecular weight excluding hydrogens is 411 g/mol. The first-order chi connectivity index (χ1) is 14.6. The smallest absolute Gasteiger partial charge is 0.233 e. The first-order valence-corrected chi connectivity index (χ1v) is 9.71. The monoisotopic (exact) mass is 430 g/mol. The summed E-state index contributed by atoms with van der Waals surface area (Å²) in [4.78, 5) is 14.6. The highest BCUT2D eigenvalue weighted by Crippen LogP contribution is 2.32. The van der Waals surface area contributed by atoms with E-state index in [1.165, 1.54) is 6.07 Å². The number of hydrogen-bond acceptors (Lipinski definition) is 8. The quantitative estimate of drug-likeness (QED) is 0.607. The summed E-state index contributed by atoms with van der Waals surface area (Å²) in [6, 6.07) is 12.0. The topological polar surface area (TPSA) is 84.4 Å². The number of halogens is 2. The molecule has 0 aliphatic carbocycles. The molecule has 30 heavy (non-hydrogen) atoms. The Kier molecular flexibility index (Phi) is 6.10. The maximum absolute atomic E-state index is 13.9. The molecule has 8 nitrogen and oxygen atoms in total. The summed E-state index contributed by atoms with van der Waals surface area (Å²) in [5.41, 5.74) is 1.93. The Hall–Kier alpha value is -3.17. The van der Waals surface area contributed by atoms with E-state index in [0.717, 1.165) is 18.8 Å². The second-order valence-electron chi connectivity index (χ2n) is 6.47. The molecule has 1 aromatic heterocycles. The van der Waals surface area contributed by atoms with Crippen molar-refractivity contribution in [3.63, 3.8) is 0 Å². The SMILES string of the molecule is COc1cc(N2CCOCC2)ccc1Nc1nc(Cl)nc(Nc2ccccc2F)n1. The average molecular weight is 431 g/mol. The zero-order valence-electron chi connectivity index (χ0n) is 16.2. The van der Waals surface area contributed by atoms with Gasteiger partial charge in [0, 0.05) is 24.8 Å². The standard InChI is InChI=1S/C20H20ClFN6O2/c1-29-17-12-13(28-8-10-30-11-9-28)6-7-16(17)24-20-26-18(21)25-19(27-20)23-15-5-3-2-4-14(15)22/h2-7,12H,8-11H2,1H3,(H2,23,24,25,26,27). The lowest BCUT2D eigenvalue weighted by Gasteiger charge is -2.29. The lowest BCUT2D eigenvalue weighted by atomic mass is 10.2. The van der Waals surface area contributed by atoms with Crippen molar-refractivity contribution in [2.24, 2.45) is 0 Å². The predicted octanol–water partition coefficient (Wildman–Crippen LogP) is 4.00. The number of hydrogen-bond donors (Lipinski definition) is 2. The number of methoxy groups -OCH3 is 1. The Morgan fingerprint density at radius 3 is 2.40 bits per heavy atom. The molecule has 1 aliphatic heterocycles. The highest BCUT2D eigenvalue weighted by atomic mass is 35.5. The number of rotatable bonds is 6. The molecule has 156 valence electrons. The molecule has 2 N–H and O–H groups in total. The van der Waals surface area contributed by atoms with Crippen molar-refractivity contribution in [2.75, 3.05) is 48.9 Å². The third-order valence-corrected chi connectivity index (χ3v) is 4.71. The Morgan fingerprint density at radius 2 is 1.70 bits per heavy atom. The zero-order valence-corrected chi connectivity index (χ0v) is 17.0. The van der Waals surface area contributed by atoms with Crippen molar-refractivity contribution < 1.29 is 13.9 Å². The number of benzene rings is 2. The van der Waals surface area contributed by atoms with E-state index in [1.807, 2.05) is 18.2 Å². The van der Waals surface area contributed by atoms with E-state index in [9.17, 15) is 4.39 Å². The van der Waals surface area contributed by atoms with Crippen LogP contribution in [-0.4, -0.2) is 48.4 Å². The molecule has 1 saturated heterocycles. The van der Waals surface area contributed by atoms with Crippen LogP contribution in [0.4, 0.5) is 33.3 Å². The molecule has 1 aliphatic rings. The van der Waals surface area contributed by atoms with E-state index < -0.39 is 5.82 Å². The Labute approximate surface area is 178 Å². The zero-order chi connectivity index (χ0) is 20.9. The van der Waals surface area contributed by atoms with E-state index >= 15 is 0 Å². The number of aromatic nitrogens is 3. The highest BCUT2D eigenvalue weighted by molar-refractivity contribution is 6.28. The molecule has 0 atom stereocenters. The third-order valence-electron chi connectivity index (χ3n) is 4.54. The second-order valence-corrected chi connectivity index (χ2v) is 6.80. The van der Waals surface area contributed by atoms with Gasteiger partial charge in [-0.25, -0.2) is 4.39 Å². The Bertz CT molecular complexity index is 1030. The minimum atomic E-state index is -0.427. The summed E-state index contributed by atoms with van der Waals surface area (Å²) in [6.07, 6.45) is 0. The molecule has 0 spiro atoms. The maximum atomic E-state index is 13.9. The van der Waals surface area contributed by atoms with Gasteiger partial charge in [0.25, 0.3) is 0 Å². The fraction of sp³-hybridized carbons (Fsp3) is 0.250. The van der Waals surface area contributed by atoms with Crippen LogP contribution in [0, 0.1) is 5.82 Å². The van der Waals surface area contributed by atoms with Gasteiger partial charge in [-0.1, -0.05) is 12.1 Å². The van der Waals surface area contributed by atoms with E-state index in [1.54, 1.807) is 25.3 Å². The summed E-state index contributed by atoms with van der Waals surface area (Å²) < 4.78 is 24.8. The average Bonchev–Trinajstić information content (AvgIpc) is 2.76. The predicted molar refractivity (Wildman–Crippen MR) is 114 cm³/mol. The minimum Gasteiger partial charge on any atom is -0.494 e. The van der Waals surface area contributed by atoms with Crippen LogP contribution in [0.3, 0.4) is 0 Å². The number of anilines is 5. The fourth-order valence-corrected chi connectivity index (χ4v) is 3.23. The summed E-state index contributed by atoms with van der Waals surface area (Å²) in [5, 5.41) is 5.86. The van der Waals surface area contributed by atoms with E-state index in [2.05, 4.69) is 30.5 Å². The summed E-state index contributed by atoms with van der Waals surface area (Å²) in [6.45, 7) is 3.04. The molecule has 0 saturated carbocycles. The Morgan fingerprint density at radius 1 is 1.00 bits per heavy atom. The van der Waals surface area contributed by atoms with Gasteiger partial charge in [-0.15, -0.1) is 0 Å².